The Kier molecular flexibility index (Phi) is 5.15. The van der Waals surface area contributed by atoms with Crippen LogP contribution in [0.5, 0.6) is 0 Å². The SMILES string of the molecule is CN(Cc1ccccc1Cl)C(=O)c1ccc(S(C)=O)cc1. The molecule has 1 atom stereocenters. The zero-order valence-corrected chi connectivity index (χ0v) is 13.4. The van der Waals surface area contributed by atoms with Gasteiger partial charge in [0, 0.05) is 46.1 Å². The monoisotopic (exact) mass is 321 g/mol. The molecular formula is C16H16ClNO2S. The van der Waals surface area contributed by atoms with Crippen LogP contribution >= 0.6 is 11.6 Å². The Hall–Kier alpha value is -1.65. The van der Waals surface area contributed by atoms with Crippen LogP contribution in [0.15, 0.2) is 53.4 Å². The summed E-state index contributed by atoms with van der Waals surface area (Å²) in [4.78, 5) is 14.7. The maximum Gasteiger partial charge on any atom is 0.253 e. The van der Waals surface area contributed by atoms with Crippen LogP contribution in [-0.4, -0.2) is 28.3 Å². The lowest BCUT2D eigenvalue weighted by Crippen LogP contribution is -2.26. The van der Waals surface area contributed by atoms with Crippen molar-refractivity contribution in [1.29, 1.82) is 0 Å². The normalized spacial score (nSPS) is 12.0. The zero-order chi connectivity index (χ0) is 15.4. The molecule has 0 aliphatic carbocycles. The van der Waals surface area contributed by atoms with Crippen LogP contribution in [0.1, 0.15) is 15.9 Å². The first-order valence-corrected chi connectivity index (χ1v) is 8.35. The van der Waals surface area contributed by atoms with Gasteiger partial charge in [0.2, 0.25) is 0 Å². The topological polar surface area (TPSA) is 37.4 Å². The zero-order valence-electron chi connectivity index (χ0n) is 11.9. The van der Waals surface area contributed by atoms with E-state index in [9.17, 15) is 9.00 Å². The standard InChI is InChI=1S/C16H16ClNO2S/c1-18(11-13-5-3-4-6-15(13)17)16(19)12-7-9-14(10-8-12)21(2)20/h3-10H,11H2,1-2H3. The molecule has 0 fully saturated rings. The fraction of sp³-hybridized carbons (Fsp3) is 0.188. The van der Waals surface area contributed by atoms with Crippen LogP contribution in [0.3, 0.4) is 0 Å². The number of nitrogens with zero attached hydrogens (tertiary/aromatic N) is 1. The first-order valence-electron chi connectivity index (χ1n) is 6.41. The summed E-state index contributed by atoms with van der Waals surface area (Å²) in [5, 5.41) is 0.647. The predicted molar refractivity (Wildman–Crippen MR) is 86.0 cm³/mol. The van der Waals surface area contributed by atoms with Crippen molar-refractivity contribution in [1.82, 2.24) is 4.90 Å². The Morgan fingerprint density at radius 3 is 2.33 bits per heavy atom. The van der Waals surface area contributed by atoms with E-state index in [-0.39, 0.29) is 5.91 Å². The Labute approximate surface area is 132 Å². The molecule has 2 aromatic rings. The van der Waals surface area contributed by atoms with Gasteiger partial charge in [0.05, 0.1) is 0 Å². The molecule has 0 heterocycles. The van der Waals surface area contributed by atoms with Crippen molar-refractivity contribution in [2.24, 2.45) is 0 Å². The van der Waals surface area contributed by atoms with E-state index in [0.29, 0.717) is 22.0 Å². The molecule has 110 valence electrons. The molecule has 0 saturated carbocycles. The number of benzene rings is 2. The van der Waals surface area contributed by atoms with Crippen molar-refractivity contribution in [3.63, 3.8) is 0 Å². The van der Waals surface area contributed by atoms with Gasteiger partial charge in [-0.25, -0.2) is 0 Å². The third-order valence-electron chi connectivity index (χ3n) is 3.15. The Balaban J connectivity index is 2.12. The summed E-state index contributed by atoms with van der Waals surface area (Å²) in [6.45, 7) is 0.444. The average Bonchev–Trinajstić information content (AvgIpc) is 2.49. The molecule has 0 N–H and O–H groups in total. The highest BCUT2D eigenvalue weighted by atomic mass is 35.5. The van der Waals surface area contributed by atoms with E-state index in [2.05, 4.69) is 0 Å². The molecule has 0 spiro atoms. The van der Waals surface area contributed by atoms with Crippen molar-refractivity contribution in [2.75, 3.05) is 13.3 Å². The van der Waals surface area contributed by atoms with Gasteiger partial charge in [-0.05, 0) is 35.9 Å². The maximum atomic E-state index is 12.3. The summed E-state index contributed by atoms with van der Waals surface area (Å²) in [5.74, 6) is -0.0941. The highest BCUT2D eigenvalue weighted by Crippen LogP contribution is 2.18. The van der Waals surface area contributed by atoms with E-state index in [1.807, 2.05) is 18.2 Å². The summed E-state index contributed by atoms with van der Waals surface area (Å²) in [5.41, 5.74) is 1.47. The molecule has 5 heteroatoms. The predicted octanol–water partition coefficient (Wildman–Crippen LogP) is 3.35. The summed E-state index contributed by atoms with van der Waals surface area (Å²) in [6.07, 6.45) is 1.61. The lowest BCUT2D eigenvalue weighted by Gasteiger charge is -2.18. The number of halogens is 1. The molecule has 0 aliphatic rings. The summed E-state index contributed by atoms with van der Waals surface area (Å²) < 4.78 is 11.3. The lowest BCUT2D eigenvalue weighted by molar-refractivity contribution is 0.0785. The fourth-order valence-electron chi connectivity index (χ4n) is 1.96. The van der Waals surface area contributed by atoms with Crippen LogP contribution in [0, 0.1) is 0 Å². The summed E-state index contributed by atoms with van der Waals surface area (Å²) >= 11 is 6.10. The third kappa shape index (κ3) is 3.93. The van der Waals surface area contributed by atoms with Crippen LogP contribution < -0.4 is 0 Å². The quantitative estimate of drug-likeness (QED) is 0.866. The van der Waals surface area contributed by atoms with Crippen molar-refractivity contribution in [3.05, 3.63) is 64.7 Å². The van der Waals surface area contributed by atoms with Crippen LogP contribution in [0.2, 0.25) is 5.02 Å². The molecule has 1 amide bonds. The van der Waals surface area contributed by atoms with Crippen LogP contribution in [0.25, 0.3) is 0 Å². The second-order valence-corrected chi connectivity index (χ2v) is 6.52. The molecule has 0 saturated heterocycles. The van der Waals surface area contributed by atoms with Gasteiger partial charge in [-0.3, -0.25) is 9.00 Å². The van der Waals surface area contributed by atoms with Gasteiger partial charge in [-0.2, -0.15) is 0 Å². The van der Waals surface area contributed by atoms with E-state index in [1.165, 1.54) is 0 Å². The number of hydrogen-bond acceptors (Lipinski definition) is 2. The van der Waals surface area contributed by atoms with Crippen molar-refractivity contribution < 1.29 is 9.00 Å². The van der Waals surface area contributed by atoms with E-state index in [0.717, 1.165) is 5.56 Å². The molecular weight excluding hydrogens is 306 g/mol. The lowest BCUT2D eigenvalue weighted by atomic mass is 10.1. The van der Waals surface area contributed by atoms with Gasteiger partial charge in [0.1, 0.15) is 0 Å². The Morgan fingerprint density at radius 1 is 1.14 bits per heavy atom. The van der Waals surface area contributed by atoms with Gasteiger partial charge >= 0.3 is 0 Å². The fourth-order valence-corrected chi connectivity index (χ4v) is 2.68. The van der Waals surface area contributed by atoms with Crippen molar-refractivity contribution >= 4 is 28.3 Å². The molecule has 21 heavy (non-hydrogen) atoms. The first kappa shape index (κ1) is 15.7. The first-order chi connectivity index (χ1) is 9.99. The number of hydrogen-bond donors (Lipinski definition) is 0. The molecule has 3 nitrogen and oxygen atoms in total. The van der Waals surface area contributed by atoms with Crippen LogP contribution in [0.4, 0.5) is 0 Å². The number of rotatable bonds is 4. The minimum Gasteiger partial charge on any atom is -0.337 e. The van der Waals surface area contributed by atoms with Gasteiger partial charge in [0.25, 0.3) is 5.91 Å². The van der Waals surface area contributed by atoms with Gasteiger partial charge in [-0.1, -0.05) is 29.8 Å². The van der Waals surface area contributed by atoms with E-state index < -0.39 is 10.8 Å². The summed E-state index contributed by atoms with van der Waals surface area (Å²) in [7, 11) is 0.696. The number of carbonyl (C=O) groups excluding carboxylic acids is 1. The van der Waals surface area contributed by atoms with E-state index >= 15 is 0 Å². The Morgan fingerprint density at radius 2 is 1.76 bits per heavy atom. The third-order valence-corrected chi connectivity index (χ3v) is 4.45. The minimum absolute atomic E-state index is 0.0941. The molecule has 1 unspecified atom stereocenters. The van der Waals surface area contributed by atoms with E-state index in [4.69, 9.17) is 11.6 Å². The highest BCUT2D eigenvalue weighted by Gasteiger charge is 2.13. The van der Waals surface area contributed by atoms with Gasteiger partial charge in [0.15, 0.2) is 0 Å². The molecule has 0 radical (unpaired) electrons. The average molecular weight is 322 g/mol. The maximum absolute atomic E-state index is 12.3. The molecule has 0 aromatic heterocycles. The minimum atomic E-state index is -1.04. The largest absolute Gasteiger partial charge is 0.337 e. The molecule has 0 bridgehead atoms. The summed E-state index contributed by atoms with van der Waals surface area (Å²) in [6, 6.07) is 14.3. The Bertz CT molecular complexity index is 670. The molecule has 2 rings (SSSR count). The highest BCUT2D eigenvalue weighted by molar-refractivity contribution is 7.84. The number of carbonyl (C=O) groups is 1. The smallest absolute Gasteiger partial charge is 0.253 e. The second kappa shape index (κ2) is 6.87. The second-order valence-electron chi connectivity index (χ2n) is 4.73. The van der Waals surface area contributed by atoms with Crippen LogP contribution in [-0.2, 0) is 17.3 Å². The molecule has 0 aliphatic heterocycles. The van der Waals surface area contributed by atoms with Crippen molar-refractivity contribution in [2.45, 2.75) is 11.4 Å². The van der Waals surface area contributed by atoms with Gasteiger partial charge in [-0.15, -0.1) is 0 Å². The number of amides is 1. The molecule has 2 aromatic carbocycles. The van der Waals surface area contributed by atoms with Crippen molar-refractivity contribution in [3.8, 4) is 0 Å². The van der Waals surface area contributed by atoms with Gasteiger partial charge < -0.3 is 4.90 Å². The van der Waals surface area contributed by atoms with E-state index in [1.54, 1.807) is 48.5 Å².